The number of thiophene rings is 1. The molecule has 3 heterocycles. The number of rotatable bonds is 0. The molecule has 3 rings (SSSR count). The van der Waals surface area contributed by atoms with Gasteiger partial charge in [0, 0.05) is 11.1 Å². The van der Waals surface area contributed by atoms with E-state index < -0.39 is 11.7 Å². The number of carbonyl (C=O) groups excluding carboxylic acids is 1. The van der Waals surface area contributed by atoms with Crippen LogP contribution in [-0.4, -0.2) is 26.5 Å². The van der Waals surface area contributed by atoms with Gasteiger partial charge in [0.2, 0.25) is 0 Å². The summed E-state index contributed by atoms with van der Waals surface area (Å²) < 4.78 is 7.83. The summed E-state index contributed by atoms with van der Waals surface area (Å²) in [5.41, 5.74) is 3.14. The van der Waals surface area contributed by atoms with Crippen molar-refractivity contribution in [2.45, 2.75) is 47.1 Å². The largest absolute Gasteiger partial charge is 0.442 e. The zero-order chi connectivity index (χ0) is 16.2. The number of hydrogen-bond donors (Lipinski definition) is 0. The summed E-state index contributed by atoms with van der Waals surface area (Å²) in [6.07, 6.45) is -0.453. The van der Waals surface area contributed by atoms with Gasteiger partial charge in [0.25, 0.3) is 0 Å². The van der Waals surface area contributed by atoms with Crippen molar-refractivity contribution in [3.05, 3.63) is 23.0 Å². The molecule has 0 radical (unpaired) electrons. The van der Waals surface area contributed by atoms with Crippen LogP contribution in [0.5, 0.6) is 0 Å². The summed E-state index contributed by atoms with van der Waals surface area (Å²) >= 11 is 1.57. The first-order valence-corrected chi connectivity index (χ1v) is 7.98. The minimum atomic E-state index is -0.557. The van der Waals surface area contributed by atoms with Gasteiger partial charge in [0.15, 0.2) is 0 Å². The highest BCUT2D eigenvalue weighted by atomic mass is 32.1. The molecule has 116 valence electrons. The predicted molar refractivity (Wildman–Crippen MR) is 88.8 cm³/mol. The van der Waals surface area contributed by atoms with Crippen LogP contribution in [0.25, 0.3) is 20.4 Å². The van der Waals surface area contributed by atoms with Gasteiger partial charge in [0.1, 0.15) is 15.9 Å². The number of aryl methyl sites for hydroxylation is 3. The molecule has 0 saturated carbocycles. The molecule has 0 unspecified atom stereocenters. The van der Waals surface area contributed by atoms with E-state index in [4.69, 9.17) is 4.74 Å². The maximum absolute atomic E-state index is 12.5. The number of pyridine rings is 1. The molecule has 3 aromatic heterocycles. The normalized spacial score (nSPS) is 12.3. The molecule has 0 spiro atoms. The lowest BCUT2D eigenvalue weighted by Gasteiger charge is -2.19. The van der Waals surface area contributed by atoms with Crippen LogP contribution in [0.1, 0.15) is 37.7 Å². The Kier molecular flexibility index (Phi) is 3.25. The lowest BCUT2D eigenvalue weighted by molar-refractivity contribution is 0.0522. The number of ether oxygens (including phenoxy) is 1. The Morgan fingerprint density at radius 1 is 1.27 bits per heavy atom. The SMILES string of the molecule is Cc1cc(C)c2c(n1)sc1c(C)nn(C(=O)OC(C)(C)C)c12. The van der Waals surface area contributed by atoms with E-state index in [0.717, 1.165) is 37.4 Å². The first kappa shape index (κ1) is 15.0. The van der Waals surface area contributed by atoms with Crippen LogP contribution in [0.4, 0.5) is 4.79 Å². The van der Waals surface area contributed by atoms with Crippen molar-refractivity contribution in [2.75, 3.05) is 0 Å². The Bertz CT molecular complexity index is 900. The Labute approximate surface area is 132 Å². The van der Waals surface area contributed by atoms with Crippen LogP contribution in [0.3, 0.4) is 0 Å². The van der Waals surface area contributed by atoms with Crippen LogP contribution < -0.4 is 0 Å². The zero-order valence-corrected chi connectivity index (χ0v) is 14.5. The third-order valence-corrected chi connectivity index (χ3v) is 4.50. The molecule has 3 aromatic rings. The maximum Gasteiger partial charge on any atom is 0.435 e. The third-order valence-electron chi connectivity index (χ3n) is 3.32. The first-order chi connectivity index (χ1) is 10.2. The van der Waals surface area contributed by atoms with E-state index in [-0.39, 0.29) is 0 Å². The van der Waals surface area contributed by atoms with Gasteiger partial charge in [0.05, 0.1) is 10.4 Å². The summed E-state index contributed by atoms with van der Waals surface area (Å²) in [5.74, 6) is 0. The van der Waals surface area contributed by atoms with Crippen molar-refractivity contribution in [3.63, 3.8) is 0 Å². The average molecular weight is 317 g/mol. The van der Waals surface area contributed by atoms with Crippen LogP contribution in [0, 0.1) is 20.8 Å². The lowest BCUT2D eigenvalue weighted by atomic mass is 10.1. The van der Waals surface area contributed by atoms with Crippen molar-refractivity contribution in [1.82, 2.24) is 14.8 Å². The Morgan fingerprint density at radius 3 is 2.59 bits per heavy atom. The number of fused-ring (bicyclic) bond motifs is 3. The quantitative estimate of drug-likeness (QED) is 0.618. The Hall–Kier alpha value is -1.95. The predicted octanol–water partition coefficient (Wildman–Crippen LogP) is 4.35. The minimum absolute atomic E-state index is 0.453. The molecular formula is C16H19N3O2S. The van der Waals surface area contributed by atoms with Gasteiger partial charge in [-0.15, -0.1) is 11.3 Å². The van der Waals surface area contributed by atoms with Crippen LogP contribution >= 0.6 is 11.3 Å². The number of carbonyl (C=O) groups is 1. The van der Waals surface area contributed by atoms with Gasteiger partial charge < -0.3 is 4.74 Å². The number of aromatic nitrogens is 3. The van der Waals surface area contributed by atoms with Crippen molar-refractivity contribution in [2.24, 2.45) is 0 Å². The van der Waals surface area contributed by atoms with Crippen molar-refractivity contribution in [3.8, 4) is 0 Å². The van der Waals surface area contributed by atoms with Crippen LogP contribution in [0.2, 0.25) is 0 Å². The second kappa shape index (κ2) is 4.78. The highest BCUT2D eigenvalue weighted by Gasteiger charge is 2.24. The molecule has 0 amide bonds. The lowest BCUT2D eigenvalue weighted by Crippen LogP contribution is -2.27. The van der Waals surface area contributed by atoms with E-state index in [1.54, 1.807) is 11.3 Å². The van der Waals surface area contributed by atoms with Gasteiger partial charge in [-0.2, -0.15) is 9.78 Å². The van der Waals surface area contributed by atoms with Crippen molar-refractivity contribution < 1.29 is 9.53 Å². The van der Waals surface area contributed by atoms with Crippen LogP contribution in [0.15, 0.2) is 6.07 Å². The minimum Gasteiger partial charge on any atom is -0.442 e. The summed E-state index contributed by atoms with van der Waals surface area (Å²) in [6, 6.07) is 2.02. The molecule has 0 aliphatic heterocycles. The highest BCUT2D eigenvalue weighted by Crippen LogP contribution is 2.37. The molecule has 0 saturated heterocycles. The van der Waals surface area contributed by atoms with Crippen molar-refractivity contribution >= 4 is 37.9 Å². The molecule has 0 aliphatic rings. The molecule has 0 fully saturated rings. The molecule has 0 atom stereocenters. The third kappa shape index (κ3) is 2.37. The Balaban J connectivity index is 2.30. The fourth-order valence-corrected chi connectivity index (χ4v) is 3.77. The van der Waals surface area contributed by atoms with E-state index >= 15 is 0 Å². The number of hydrogen-bond acceptors (Lipinski definition) is 5. The van der Waals surface area contributed by atoms with E-state index in [1.807, 2.05) is 47.6 Å². The van der Waals surface area contributed by atoms with E-state index in [1.165, 1.54) is 4.68 Å². The van der Waals surface area contributed by atoms with E-state index in [0.29, 0.717) is 0 Å². The van der Waals surface area contributed by atoms with Gasteiger partial charge in [-0.3, -0.25) is 0 Å². The maximum atomic E-state index is 12.5. The zero-order valence-electron chi connectivity index (χ0n) is 13.6. The second-order valence-electron chi connectivity index (χ2n) is 6.52. The van der Waals surface area contributed by atoms with E-state index in [2.05, 4.69) is 10.1 Å². The average Bonchev–Trinajstić information content (AvgIpc) is 2.85. The molecule has 0 N–H and O–H groups in total. The van der Waals surface area contributed by atoms with Gasteiger partial charge >= 0.3 is 6.09 Å². The monoisotopic (exact) mass is 317 g/mol. The van der Waals surface area contributed by atoms with Crippen LogP contribution in [-0.2, 0) is 4.74 Å². The molecule has 0 aliphatic carbocycles. The van der Waals surface area contributed by atoms with Gasteiger partial charge in [-0.05, 0) is 53.2 Å². The molecule has 0 bridgehead atoms. The van der Waals surface area contributed by atoms with E-state index in [9.17, 15) is 4.79 Å². The second-order valence-corrected chi connectivity index (χ2v) is 7.52. The summed E-state index contributed by atoms with van der Waals surface area (Å²) in [6.45, 7) is 11.5. The highest BCUT2D eigenvalue weighted by molar-refractivity contribution is 7.25. The summed E-state index contributed by atoms with van der Waals surface area (Å²) in [4.78, 5) is 18.0. The molecule has 5 nitrogen and oxygen atoms in total. The topological polar surface area (TPSA) is 57.0 Å². The first-order valence-electron chi connectivity index (χ1n) is 7.17. The molecule has 22 heavy (non-hydrogen) atoms. The number of nitrogens with zero attached hydrogens (tertiary/aromatic N) is 3. The molecular weight excluding hydrogens is 298 g/mol. The summed E-state index contributed by atoms with van der Waals surface area (Å²) in [7, 11) is 0. The van der Waals surface area contributed by atoms with Gasteiger partial charge in [-0.25, -0.2) is 9.78 Å². The molecule has 6 heteroatoms. The Morgan fingerprint density at radius 2 is 1.95 bits per heavy atom. The smallest absolute Gasteiger partial charge is 0.435 e. The standard InChI is InChI=1S/C16H19N3O2S/c1-8-7-9(2)17-14-11(8)12-13(22-14)10(3)18-19(12)15(20)21-16(4,5)6/h7H,1-6H3. The summed E-state index contributed by atoms with van der Waals surface area (Å²) in [5, 5.41) is 5.36. The van der Waals surface area contributed by atoms with Gasteiger partial charge in [-0.1, -0.05) is 0 Å². The molecule has 0 aromatic carbocycles. The fraction of sp³-hybridized carbons (Fsp3) is 0.438. The van der Waals surface area contributed by atoms with Crippen molar-refractivity contribution in [1.29, 1.82) is 0 Å². The fourth-order valence-electron chi connectivity index (χ4n) is 2.55.